The van der Waals surface area contributed by atoms with Gasteiger partial charge in [-0.15, -0.1) is 0 Å². The van der Waals surface area contributed by atoms with Crippen molar-refractivity contribution in [2.24, 2.45) is 0 Å². The molecule has 2 aromatic rings. The third-order valence-electron chi connectivity index (χ3n) is 2.98. The van der Waals surface area contributed by atoms with E-state index in [0.717, 1.165) is 12.1 Å². The maximum absolute atomic E-state index is 12.5. The lowest BCUT2D eigenvalue weighted by Gasteiger charge is -2.17. The van der Waals surface area contributed by atoms with E-state index in [9.17, 15) is 18.0 Å². The normalized spacial score (nSPS) is 10.6. The third-order valence-corrected chi connectivity index (χ3v) is 3.22. The number of anilines is 1. The van der Waals surface area contributed by atoms with Gasteiger partial charge in [0.15, 0.2) is 0 Å². The lowest BCUT2D eigenvalue weighted by atomic mass is 10.1. The highest BCUT2D eigenvalue weighted by Crippen LogP contribution is 2.28. The Balaban J connectivity index is 2.11. The highest BCUT2D eigenvalue weighted by Gasteiger charge is 2.29. The summed E-state index contributed by atoms with van der Waals surface area (Å²) < 4.78 is 37.4. The lowest BCUT2D eigenvalue weighted by molar-refractivity contribution is -0.137. The van der Waals surface area contributed by atoms with E-state index in [1.807, 2.05) is 6.07 Å². The molecular weight excluding hydrogens is 323 g/mol. The number of alkyl halides is 3. The molecule has 0 spiro atoms. The Morgan fingerprint density at radius 3 is 2.17 bits per heavy atom. The van der Waals surface area contributed by atoms with Crippen LogP contribution >= 0.6 is 12.6 Å². The van der Waals surface area contributed by atoms with Crippen LogP contribution in [-0.2, 0) is 6.18 Å². The molecule has 0 N–H and O–H groups in total. The average molecular weight is 335 g/mol. The first-order chi connectivity index (χ1) is 10.9. The van der Waals surface area contributed by atoms with E-state index in [1.54, 1.807) is 24.3 Å². The van der Waals surface area contributed by atoms with Crippen molar-refractivity contribution in [1.82, 2.24) is 0 Å². The summed E-state index contributed by atoms with van der Waals surface area (Å²) in [6.45, 7) is 0.0906. The van der Waals surface area contributed by atoms with Crippen molar-refractivity contribution in [3.05, 3.63) is 65.7 Å². The first-order valence-corrected chi connectivity index (χ1v) is 7.04. The van der Waals surface area contributed by atoms with Crippen LogP contribution in [0.5, 0.6) is 0 Å². The number of rotatable bonds is 2. The van der Waals surface area contributed by atoms with E-state index in [2.05, 4.69) is 24.5 Å². The van der Waals surface area contributed by atoms with E-state index in [4.69, 9.17) is 0 Å². The molecule has 118 valence electrons. The molecule has 0 aliphatic rings. The third kappa shape index (κ3) is 4.80. The smallest absolute Gasteiger partial charge is 0.292 e. The number of carbonyl (C=O) groups is 1. The van der Waals surface area contributed by atoms with Gasteiger partial charge in [0.2, 0.25) is 0 Å². The summed E-state index contributed by atoms with van der Waals surface area (Å²) in [4.78, 5) is 12.9. The predicted octanol–water partition coefficient (Wildman–Crippen LogP) is 4.61. The number of thiol groups is 1. The minimum atomic E-state index is -4.37. The van der Waals surface area contributed by atoms with Crippen molar-refractivity contribution in [2.45, 2.75) is 6.18 Å². The molecule has 0 heterocycles. The van der Waals surface area contributed by atoms with E-state index in [1.165, 1.54) is 17.0 Å². The van der Waals surface area contributed by atoms with Crippen LogP contribution in [0.4, 0.5) is 23.7 Å². The molecule has 0 atom stereocenters. The van der Waals surface area contributed by atoms with Gasteiger partial charge < -0.3 is 0 Å². The van der Waals surface area contributed by atoms with Crippen LogP contribution in [0.1, 0.15) is 11.1 Å². The molecule has 2 aromatic carbocycles. The van der Waals surface area contributed by atoms with Gasteiger partial charge in [-0.25, -0.2) is 0 Å². The molecule has 0 aromatic heterocycles. The highest BCUT2D eigenvalue weighted by atomic mass is 32.1. The molecule has 23 heavy (non-hydrogen) atoms. The molecule has 0 unspecified atom stereocenters. The van der Waals surface area contributed by atoms with Crippen LogP contribution in [0.2, 0.25) is 0 Å². The van der Waals surface area contributed by atoms with Gasteiger partial charge in [0.1, 0.15) is 0 Å². The monoisotopic (exact) mass is 335 g/mol. The van der Waals surface area contributed by atoms with Crippen LogP contribution in [0, 0.1) is 11.8 Å². The molecule has 6 heteroatoms. The first kappa shape index (κ1) is 17.0. The minimum absolute atomic E-state index is 0.0906. The molecule has 0 aliphatic carbocycles. The molecule has 0 bridgehead atoms. The van der Waals surface area contributed by atoms with Crippen LogP contribution in [0.25, 0.3) is 0 Å². The number of hydrogen-bond donors (Lipinski definition) is 1. The van der Waals surface area contributed by atoms with Gasteiger partial charge in [0.25, 0.3) is 5.24 Å². The highest BCUT2D eigenvalue weighted by molar-refractivity contribution is 7.96. The predicted molar refractivity (Wildman–Crippen MR) is 86.5 cm³/mol. The quantitative estimate of drug-likeness (QED) is 0.627. The Labute approximate surface area is 137 Å². The van der Waals surface area contributed by atoms with Crippen molar-refractivity contribution in [3.63, 3.8) is 0 Å². The van der Waals surface area contributed by atoms with Gasteiger partial charge in [-0.1, -0.05) is 42.7 Å². The Kier molecular flexibility index (Phi) is 5.35. The summed E-state index contributed by atoms with van der Waals surface area (Å²) in [7, 11) is 0. The van der Waals surface area contributed by atoms with Crippen LogP contribution < -0.4 is 4.90 Å². The van der Waals surface area contributed by atoms with E-state index >= 15 is 0 Å². The second-order valence-electron chi connectivity index (χ2n) is 4.58. The Morgan fingerprint density at radius 2 is 1.65 bits per heavy atom. The molecule has 2 rings (SSSR count). The summed E-state index contributed by atoms with van der Waals surface area (Å²) >= 11 is 3.80. The van der Waals surface area contributed by atoms with Gasteiger partial charge >= 0.3 is 6.18 Å². The molecular formula is C17H12F3NOS. The van der Waals surface area contributed by atoms with E-state index < -0.39 is 17.0 Å². The minimum Gasteiger partial charge on any atom is -0.292 e. The van der Waals surface area contributed by atoms with Crippen molar-refractivity contribution >= 4 is 23.6 Å². The molecule has 2 nitrogen and oxygen atoms in total. The van der Waals surface area contributed by atoms with Gasteiger partial charge in [-0.05, 0) is 36.4 Å². The number of carbonyl (C=O) groups excluding carboxylic acids is 1. The van der Waals surface area contributed by atoms with Gasteiger partial charge in [0, 0.05) is 11.3 Å². The Morgan fingerprint density at radius 1 is 1.04 bits per heavy atom. The number of nitrogens with zero attached hydrogens (tertiary/aromatic N) is 1. The zero-order valence-electron chi connectivity index (χ0n) is 11.8. The molecule has 0 aliphatic heterocycles. The van der Waals surface area contributed by atoms with E-state index in [0.29, 0.717) is 11.3 Å². The Bertz CT molecular complexity index is 730. The van der Waals surface area contributed by atoms with Gasteiger partial charge in [0.05, 0.1) is 12.1 Å². The molecule has 0 fully saturated rings. The van der Waals surface area contributed by atoms with Crippen molar-refractivity contribution in [1.29, 1.82) is 0 Å². The van der Waals surface area contributed by atoms with Crippen LogP contribution in [0.3, 0.4) is 0 Å². The maximum Gasteiger partial charge on any atom is 0.416 e. The number of halogens is 3. The first-order valence-electron chi connectivity index (χ1n) is 6.59. The maximum atomic E-state index is 12.5. The summed E-state index contributed by atoms with van der Waals surface area (Å²) in [6.07, 6.45) is -4.37. The summed E-state index contributed by atoms with van der Waals surface area (Å²) in [5, 5.41) is -0.460. The topological polar surface area (TPSA) is 20.3 Å². The summed E-state index contributed by atoms with van der Waals surface area (Å²) in [6, 6.07) is 13.4. The standard InChI is InChI=1S/C17H12F3NOS/c18-17(19,20)14-10-8-13(9-11-14)5-4-12-21(16(22)23)15-6-2-1-3-7-15/h1-3,6-11H,12H2,(H,22,23). The Hall–Kier alpha value is -2.39. The second-order valence-corrected chi connectivity index (χ2v) is 4.96. The molecule has 0 saturated heterocycles. The number of hydrogen-bond acceptors (Lipinski definition) is 1. The SMILES string of the molecule is O=C(S)N(CC#Cc1ccc(C(F)(F)F)cc1)c1ccccc1. The number of amides is 1. The van der Waals surface area contributed by atoms with Gasteiger partial charge in [-0.2, -0.15) is 13.2 Å². The molecule has 1 amide bonds. The lowest BCUT2D eigenvalue weighted by Crippen LogP contribution is -2.26. The van der Waals surface area contributed by atoms with Crippen LogP contribution in [-0.4, -0.2) is 11.8 Å². The summed E-state index contributed by atoms with van der Waals surface area (Å²) in [5.41, 5.74) is 0.367. The van der Waals surface area contributed by atoms with Crippen molar-refractivity contribution < 1.29 is 18.0 Å². The largest absolute Gasteiger partial charge is 0.416 e. The molecule has 0 saturated carbocycles. The van der Waals surface area contributed by atoms with E-state index in [-0.39, 0.29) is 6.54 Å². The molecule has 0 radical (unpaired) electrons. The van der Waals surface area contributed by atoms with Crippen molar-refractivity contribution in [3.8, 4) is 11.8 Å². The van der Waals surface area contributed by atoms with Crippen molar-refractivity contribution in [2.75, 3.05) is 11.4 Å². The fourth-order valence-electron chi connectivity index (χ4n) is 1.84. The fraction of sp³-hybridized carbons (Fsp3) is 0.118. The zero-order valence-corrected chi connectivity index (χ0v) is 12.7. The average Bonchev–Trinajstić information content (AvgIpc) is 2.51. The van der Waals surface area contributed by atoms with Crippen LogP contribution in [0.15, 0.2) is 54.6 Å². The zero-order chi connectivity index (χ0) is 16.9. The van der Waals surface area contributed by atoms with Gasteiger partial charge in [-0.3, -0.25) is 9.69 Å². The number of benzene rings is 2. The fourth-order valence-corrected chi connectivity index (χ4v) is 2.03. The summed E-state index contributed by atoms with van der Waals surface area (Å²) in [5.74, 6) is 5.50. The second kappa shape index (κ2) is 7.25. The number of para-hydroxylation sites is 1.